The van der Waals surface area contributed by atoms with Crippen molar-refractivity contribution in [1.82, 2.24) is 4.98 Å². The first-order valence-electron chi connectivity index (χ1n) is 5.37. The smallest absolute Gasteiger partial charge is 0.316 e. The number of thiophene rings is 1. The number of pyridine rings is 1. The van der Waals surface area contributed by atoms with E-state index in [4.69, 9.17) is 17.3 Å². The van der Waals surface area contributed by atoms with Crippen molar-refractivity contribution in [3.8, 4) is 11.8 Å². The molecule has 0 bridgehead atoms. The predicted octanol–water partition coefficient (Wildman–Crippen LogP) is 2.50. The van der Waals surface area contributed by atoms with Gasteiger partial charge in [0, 0.05) is 11.8 Å². The van der Waals surface area contributed by atoms with Crippen LogP contribution in [0.25, 0.3) is 0 Å². The van der Waals surface area contributed by atoms with Gasteiger partial charge in [-0.3, -0.25) is 4.79 Å². The fourth-order valence-electron chi connectivity index (χ4n) is 1.37. The zero-order chi connectivity index (χ0) is 14.5. The molecule has 0 unspecified atom stereocenters. The molecule has 0 aliphatic rings. The molecule has 5 nitrogen and oxygen atoms in total. The van der Waals surface area contributed by atoms with E-state index in [-0.39, 0.29) is 0 Å². The number of rotatable bonds is 2. The van der Waals surface area contributed by atoms with Gasteiger partial charge in [-0.2, -0.15) is 0 Å². The SMILES string of the molecule is NC(=O)Nc1cc(C#Cc2ccc(Cl)nc2)sc1C=O. The minimum absolute atomic E-state index is 0.357. The Morgan fingerprint density at radius 3 is 2.85 bits per heavy atom. The van der Waals surface area contributed by atoms with Gasteiger partial charge in [0.1, 0.15) is 5.15 Å². The first-order valence-corrected chi connectivity index (χ1v) is 6.57. The van der Waals surface area contributed by atoms with Crippen LogP contribution >= 0.6 is 22.9 Å². The Bertz CT molecular complexity index is 713. The first-order chi connectivity index (χ1) is 9.58. The molecule has 0 aliphatic heterocycles. The van der Waals surface area contributed by atoms with Crippen LogP contribution in [-0.4, -0.2) is 17.3 Å². The molecule has 0 aromatic carbocycles. The molecule has 2 amide bonds. The van der Waals surface area contributed by atoms with E-state index in [1.54, 1.807) is 24.4 Å². The number of nitrogens with one attached hydrogen (secondary N) is 1. The van der Waals surface area contributed by atoms with Gasteiger partial charge in [-0.1, -0.05) is 23.4 Å². The second-order valence-corrected chi connectivity index (χ2v) is 5.09. The molecule has 2 heterocycles. The molecule has 7 heteroatoms. The van der Waals surface area contributed by atoms with Gasteiger partial charge in [0.05, 0.1) is 15.4 Å². The Morgan fingerprint density at radius 2 is 2.25 bits per heavy atom. The Kier molecular flexibility index (Phi) is 4.35. The van der Waals surface area contributed by atoms with Crippen molar-refractivity contribution in [2.75, 3.05) is 5.32 Å². The van der Waals surface area contributed by atoms with Crippen LogP contribution in [0.1, 0.15) is 20.1 Å². The third-order valence-electron chi connectivity index (χ3n) is 2.18. The summed E-state index contributed by atoms with van der Waals surface area (Å²) in [6.07, 6.45) is 2.19. The third-order valence-corrected chi connectivity index (χ3v) is 3.38. The molecule has 0 atom stereocenters. The van der Waals surface area contributed by atoms with Gasteiger partial charge in [-0.15, -0.1) is 11.3 Å². The van der Waals surface area contributed by atoms with Gasteiger partial charge < -0.3 is 11.1 Å². The topological polar surface area (TPSA) is 85.1 Å². The molecule has 0 fully saturated rings. The molecular weight excluding hydrogens is 298 g/mol. The largest absolute Gasteiger partial charge is 0.351 e. The fraction of sp³-hybridized carbons (Fsp3) is 0. The average Bonchev–Trinajstić information content (AvgIpc) is 2.79. The molecule has 2 aromatic heterocycles. The van der Waals surface area contributed by atoms with Crippen LogP contribution in [0.5, 0.6) is 0 Å². The van der Waals surface area contributed by atoms with Crippen LogP contribution in [0.15, 0.2) is 24.4 Å². The van der Waals surface area contributed by atoms with Gasteiger partial charge in [0.15, 0.2) is 6.29 Å². The van der Waals surface area contributed by atoms with Gasteiger partial charge in [0.25, 0.3) is 0 Å². The predicted molar refractivity (Wildman–Crippen MR) is 78.1 cm³/mol. The average molecular weight is 306 g/mol. The summed E-state index contributed by atoms with van der Waals surface area (Å²) in [7, 11) is 0. The number of nitrogens with two attached hydrogens (primary N) is 1. The fourth-order valence-corrected chi connectivity index (χ4v) is 2.26. The molecule has 0 saturated carbocycles. The Hall–Kier alpha value is -2.36. The summed E-state index contributed by atoms with van der Waals surface area (Å²) in [6, 6.07) is 4.23. The van der Waals surface area contributed by atoms with Crippen molar-refractivity contribution < 1.29 is 9.59 Å². The van der Waals surface area contributed by atoms with E-state index in [0.717, 1.165) is 0 Å². The number of halogens is 1. The minimum atomic E-state index is -0.729. The molecular formula is C13H8ClN3O2S. The second-order valence-electron chi connectivity index (χ2n) is 3.62. The highest BCUT2D eigenvalue weighted by molar-refractivity contribution is 7.14. The van der Waals surface area contributed by atoms with Crippen molar-refractivity contribution in [1.29, 1.82) is 0 Å². The van der Waals surface area contributed by atoms with Gasteiger partial charge in [-0.05, 0) is 18.2 Å². The Labute approximate surface area is 123 Å². The van der Waals surface area contributed by atoms with Crippen LogP contribution < -0.4 is 11.1 Å². The van der Waals surface area contributed by atoms with E-state index in [1.165, 1.54) is 11.3 Å². The van der Waals surface area contributed by atoms with E-state index < -0.39 is 6.03 Å². The molecule has 0 saturated heterocycles. The Balaban J connectivity index is 2.26. The maximum atomic E-state index is 10.9. The number of aldehydes is 1. The summed E-state index contributed by atoms with van der Waals surface area (Å²) in [4.78, 5) is 26.6. The number of anilines is 1. The highest BCUT2D eigenvalue weighted by Gasteiger charge is 2.08. The van der Waals surface area contributed by atoms with E-state index in [1.807, 2.05) is 0 Å². The Morgan fingerprint density at radius 1 is 1.45 bits per heavy atom. The highest BCUT2D eigenvalue weighted by Crippen LogP contribution is 2.24. The number of carbonyl (C=O) groups is 2. The van der Waals surface area contributed by atoms with Gasteiger partial charge in [-0.25, -0.2) is 9.78 Å². The standard InChI is InChI=1S/C13H8ClN3O2S/c14-12-4-2-8(6-16-12)1-3-9-5-10(17-13(15)19)11(7-18)20-9/h2,4-7H,(H3,15,17,19). The molecule has 3 N–H and O–H groups in total. The third kappa shape index (κ3) is 3.57. The summed E-state index contributed by atoms with van der Waals surface area (Å²) in [6.45, 7) is 0. The van der Waals surface area contributed by atoms with Crippen molar-refractivity contribution in [2.45, 2.75) is 0 Å². The molecule has 2 aromatic rings. The first kappa shape index (κ1) is 14.1. The van der Waals surface area contributed by atoms with Gasteiger partial charge in [0.2, 0.25) is 0 Å². The summed E-state index contributed by atoms with van der Waals surface area (Å²) in [5.74, 6) is 5.77. The number of carbonyl (C=O) groups excluding carboxylic acids is 2. The molecule has 0 spiro atoms. The van der Waals surface area contributed by atoms with Crippen molar-refractivity contribution >= 4 is 40.9 Å². The lowest BCUT2D eigenvalue weighted by Crippen LogP contribution is -2.19. The quantitative estimate of drug-likeness (QED) is 0.508. The lowest BCUT2D eigenvalue weighted by atomic mass is 10.3. The molecule has 0 radical (unpaired) electrons. The van der Waals surface area contributed by atoms with Crippen LogP contribution in [0, 0.1) is 11.8 Å². The van der Waals surface area contributed by atoms with Crippen LogP contribution in [0.3, 0.4) is 0 Å². The van der Waals surface area contributed by atoms with E-state index in [9.17, 15) is 9.59 Å². The molecule has 20 heavy (non-hydrogen) atoms. The summed E-state index contributed by atoms with van der Waals surface area (Å²) < 4.78 is 0. The van der Waals surface area contributed by atoms with Crippen molar-refractivity contribution in [3.63, 3.8) is 0 Å². The number of aromatic nitrogens is 1. The van der Waals surface area contributed by atoms with Crippen molar-refractivity contribution in [2.24, 2.45) is 5.73 Å². The van der Waals surface area contributed by atoms with Crippen LogP contribution in [0.4, 0.5) is 10.5 Å². The molecule has 0 aliphatic carbocycles. The monoisotopic (exact) mass is 305 g/mol. The number of nitrogens with zero attached hydrogens (tertiary/aromatic N) is 1. The number of amides is 2. The van der Waals surface area contributed by atoms with E-state index in [2.05, 4.69) is 22.1 Å². The maximum absolute atomic E-state index is 10.9. The lowest BCUT2D eigenvalue weighted by Gasteiger charge is -1.96. The lowest BCUT2D eigenvalue weighted by molar-refractivity contribution is 0.112. The van der Waals surface area contributed by atoms with Crippen LogP contribution in [-0.2, 0) is 0 Å². The normalized spacial score (nSPS) is 9.45. The van der Waals surface area contributed by atoms with Gasteiger partial charge >= 0.3 is 6.03 Å². The number of hydrogen-bond acceptors (Lipinski definition) is 4. The minimum Gasteiger partial charge on any atom is -0.351 e. The van der Waals surface area contributed by atoms with E-state index >= 15 is 0 Å². The number of primary amides is 1. The second kappa shape index (κ2) is 6.19. The number of hydrogen-bond donors (Lipinski definition) is 2. The highest BCUT2D eigenvalue weighted by atomic mass is 35.5. The zero-order valence-corrected chi connectivity index (χ0v) is 11.6. The summed E-state index contributed by atoms with van der Waals surface area (Å²) in [5.41, 5.74) is 6.07. The zero-order valence-electron chi connectivity index (χ0n) is 10.0. The molecule has 2 rings (SSSR count). The van der Waals surface area contributed by atoms with Crippen LogP contribution in [0.2, 0.25) is 5.15 Å². The summed E-state index contributed by atoms with van der Waals surface area (Å²) >= 11 is 6.84. The summed E-state index contributed by atoms with van der Waals surface area (Å²) in [5, 5.41) is 2.76. The van der Waals surface area contributed by atoms with Crippen molar-refractivity contribution in [3.05, 3.63) is 44.9 Å². The molecule has 100 valence electrons. The van der Waals surface area contributed by atoms with E-state index in [0.29, 0.717) is 32.4 Å². The maximum Gasteiger partial charge on any atom is 0.316 e. The number of urea groups is 1.